The number of aryl methyl sites for hydroxylation is 2. The smallest absolute Gasteiger partial charge is 0.317 e. The summed E-state index contributed by atoms with van der Waals surface area (Å²) in [7, 11) is 0. The molecule has 0 N–H and O–H groups in total. The van der Waals surface area contributed by atoms with Gasteiger partial charge in [0, 0.05) is 28.5 Å². The van der Waals surface area contributed by atoms with Crippen LogP contribution in [0.5, 0.6) is 6.01 Å². The van der Waals surface area contributed by atoms with E-state index in [-0.39, 0.29) is 12.0 Å². The molecule has 126 valence electrons. The molecule has 0 bridgehead atoms. The fourth-order valence-corrected chi connectivity index (χ4v) is 3.02. The first kappa shape index (κ1) is 16.7. The van der Waals surface area contributed by atoms with Gasteiger partial charge in [0.05, 0.1) is 6.54 Å². The highest BCUT2D eigenvalue weighted by molar-refractivity contribution is 6.30. The van der Waals surface area contributed by atoms with Crippen molar-refractivity contribution in [2.45, 2.75) is 32.8 Å². The Morgan fingerprint density at radius 1 is 1.21 bits per heavy atom. The molecular weight excluding hydrogens is 326 g/mol. The number of piperidine rings is 1. The Morgan fingerprint density at radius 3 is 2.54 bits per heavy atom. The van der Waals surface area contributed by atoms with Crippen molar-refractivity contribution >= 4 is 17.5 Å². The predicted octanol–water partition coefficient (Wildman–Crippen LogP) is 3.43. The van der Waals surface area contributed by atoms with Crippen molar-refractivity contribution < 1.29 is 9.53 Å². The van der Waals surface area contributed by atoms with Gasteiger partial charge in [0.2, 0.25) is 0 Å². The number of carbonyl (C=O) groups is 1. The highest BCUT2D eigenvalue weighted by Gasteiger charge is 2.26. The second-order valence-electron chi connectivity index (χ2n) is 6.07. The van der Waals surface area contributed by atoms with Crippen LogP contribution in [0.15, 0.2) is 30.3 Å². The van der Waals surface area contributed by atoms with E-state index in [1.54, 1.807) is 24.3 Å². The third kappa shape index (κ3) is 4.03. The minimum Gasteiger partial charge on any atom is -0.458 e. The molecule has 1 saturated heterocycles. The molecule has 1 aliphatic heterocycles. The van der Waals surface area contributed by atoms with Gasteiger partial charge >= 0.3 is 6.01 Å². The van der Waals surface area contributed by atoms with E-state index in [1.165, 1.54) is 0 Å². The normalized spacial score (nSPS) is 17.6. The van der Waals surface area contributed by atoms with Gasteiger partial charge in [0.1, 0.15) is 6.10 Å². The molecule has 3 rings (SSSR count). The Labute approximate surface area is 146 Å². The third-order valence-electron chi connectivity index (χ3n) is 3.99. The quantitative estimate of drug-likeness (QED) is 0.855. The van der Waals surface area contributed by atoms with Crippen LogP contribution in [-0.4, -0.2) is 40.0 Å². The van der Waals surface area contributed by atoms with E-state index < -0.39 is 0 Å². The summed E-state index contributed by atoms with van der Waals surface area (Å²) in [5.41, 5.74) is 2.40. The topological polar surface area (TPSA) is 55.3 Å². The van der Waals surface area contributed by atoms with Crippen LogP contribution in [0.4, 0.5) is 0 Å². The molecule has 24 heavy (non-hydrogen) atoms. The van der Waals surface area contributed by atoms with Crippen LogP contribution in [0.3, 0.4) is 0 Å². The van der Waals surface area contributed by atoms with Crippen molar-refractivity contribution in [1.82, 2.24) is 14.9 Å². The number of hydrogen-bond acceptors (Lipinski definition) is 4. The fourth-order valence-electron chi connectivity index (χ4n) is 2.89. The van der Waals surface area contributed by atoms with Gasteiger partial charge in [-0.1, -0.05) is 11.6 Å². The lowest BCUT2D eigenvalue weighted by Crippen LogP contribution is -2.44. The van der Waals surface area contributed by atoms with Crippen LogP contribution in [-0.2, 0) is 0 Å². The zero-order chi connectivity index (χ0) is 17.1. The Kier molecular flexibility index (Phi) is 5.00. The van der Waals surface area contributed by atoms with E-state index in [0.29, 0.717) is 23.1 Å². The molecule has 2 aromatic rings. The van der Waals surface area contributed by atoms with Gasteiger partial charge in [-0.3, -0.25) is 4.79 Å². The van der Waals surface area contributed by atoms with Crippen LogP contribution in [0.1, 0.15) is 34.6 Å². The first-order chi connectivity index (χ1) is 11.5. The van der Waals surface area contributed by atoms with Crippen LogP contribution in [0, 0.1) is 13.8 Å². The van der Waals surface area contributed by atoms with Crippen LogP contribution in [0.25, 0.3) is 0 Å². The second-order valence-corrected chi connectivity index (χ2v) is 6.51. The van der Waals surface area contributed by atoms with Crippen molar-refractivity contribution in [3.63, 3.8) is 0 Å². The zero-order valence-electron chi connectivity index (χ0n) is 13.8. The second kappa shape index (κ2) is 7.18. The molecule has 2 heterocycles. The molecule has 6 heteroatoms. The van der Waals surface area contributed by atoms with Crippen molar-refractivity contribution in [3.8, 4) is 6.01 Å². The standard InChI is InChI=1S/C18H20ClN3O2/c1-12-10-13(2)21-18(20-12)24-16-4-3-9-22(11-16)17(23)14-5-7-15(19)8-6-14/h5-8,10,16H,3-4,9,11H2,1-2H3. The first-order valence-electron chi connectivity index (χ1n) is 8.05. The number of carbonyl (C=O) groups excluding carboxylic acids is 1. The summed E-state index contributed by atoms with van der Waals surface area (Å²) in [6.45, 7) is 5.10. The van der Waals surface area contributed by atoms with Gasteiger partial charge in [-0.05, 0) is 57.0 Å². The number of benzene rings is 1. The summed E-state index contributed by atoms with van der Waals surface area (Å²) in [4.78, 5) is 23.1. The number of likely N-dealkylation sites (tertiary alicyclic amines) is 1. The molecule has 0 saturated carbocycles. The summed E-state index contributed by atoms with van der Waals surface area (Å²) in [6.07, 6.45) is 1.70. The number of nitrogens with zero attached hydrogens (tertiary/aromatic N) is 3. The molecule has 5 nitrogen and oxygen atoms in total. The number of rotatable bonds is 3. The van der Waals surface area contributed by atoms with Crippen LogP contribution >= 0.6 is 11.6 Å². The predicted molar refractivity (Wildman–Crippen MR) is 92.5 cm³/mol. The fraction of sp³-hybridized carbons (Fsp3) is 0.389. The van der Waals surface area contributed by atoms with Gasteiger partial charge in [-0.2, -0.15) is 0 Å². The summed E-state index contributed by atoms with van der Waals surface area (Å²) in [5.74, 6) is 0.00121. The number of hydrogen-bond donors (Lipinski definition) is 0. The van der Waals surface area contributed by atoms with Crippen molar-refractivity contribution in [2.75, 3.05) is 13.1 Å². The molecule has 0 aliphatic carbocycles. The average Bonchev–Trinajstić information content (AvgIpc) is 2.54. The van der Waals surface area contributed by atoms with E-state index in [2.05, 4.69) is 9.97 Å². The molecule has 1 atom stereocenters. The minimum absolute atomic E-state index is 0.00121. The largest absolute Gasteiger partial charge is 0.458 e. The summed E-state index contributed by atoms with van der Waals surface area (Å²) >= 11 is 5.88. The molecule has 1 fully saturated rings. The van der Waals surface area contributed by atoms with E-state index in [9.17, 15) is 4.79 Å². The monoisotopic (exact) mass is 345 g/mol. The maximum atomic E-state index is 12.6. The van der Waals surface area contributed by atoms with Crippen molar-refractivity contribution in [1.29, 1.82) is 0 Å². The molecular formula is C18H20ClN3O2. The molecule has 1 unspecified atom stereocenters. The Balaban J connectivity index is 1.67. The maximum absolute atomic E-state index is 12.6. The van der Waals surface area contributed by atoms with E-state index >= 15 is 0 Å². The maximum Gasteiger partial charge on any atom is 0.317 e. The number of aromatic nitrogens is 2. The zero-order valence-corrected chi connectivity index (χ0v) is 14.6. The van der Waals surface area contributed by atoms with E-state index in [4.69, 9.17) is 16.3 Å². The Hall–Kier alpha value is -2.14. The van der Waals surface area contributed by atoms with Crippen molar-refractivity contribution in [2.24, 2.45) is 0 Å². The summed E-state index contributed by atoms with van der Waals surface area (Å²) in [6, 6.07) is 9.26. The van der Waals surface area contributed by atoms with Gasteiger partial charge in [0.15, 0.2) is 0 Å². The highest BCUT2D eigenvalue weighted by atomic mass is 35.5. The van der Waals surface area contributed by atoms with Crippen molar-refractivity contribution in [3.05, 3.63) is 52.3 Å². The lowest BCUT2D eigenvalue weighted by atomic mass is 10.1. The SMILES string of the molecule is Cc1cc(C)nc(OC2CCCN(C(=O)c3ccc(Cl)cc3)C2)n1. The minimum atomic E-state index is -0.0869. The molecule has 0 radical (unpaired) electrons. The molecule has 1 aliphatic rings. The van der Waals surface area contributed by atoms with E-state index in [1.807, 2.05) is 24.8 Å². The molecule has 1 amide bonds. The lowest BCUT2D eigenvalue weighted by molar-refractivity contribution is 0.0515. The van der Waals surface area contributed by atoms with E-state index in [0.717, 1.165) is 30.8 Å². The molecule has 1 aromatic heterocycles. The molecule has 1 aromatic carbocycles. The number of halogens is 1. The Morgan fingerprint density at radius 2 is 1.88 bits per heavy atom. The van der Waals surface area contributed by atoms with Gasteiger partial charge < -0.3 is 9.64 Å². The summed E-state index contributed by atoms with van der Waals surface area (Å²) in [5, 5.41) is 0.623. The molecule has 0 spiro atoms. The highest BCUT2D eigenvalue weighted by Crippen LogP contribution is 2.19. The van der Waals surface area contributed by atoms with Gasteiger partial charge in [-0.15, -0.1) is 0 Å². The number of amides is 1. The average molecular weight is 346 g/mol. The number of ether oxygens (including phenoxy) is 1. The van der Waals surface area contributed by atoms with Crippen LogP contribution in [0.2, 0.25) is 5.02 Å². The lowest BCUT2D eigenvalue weighted by Gasteiger charge is -2.32. The first-order valence-corrected chi connectivity index (χ1v) is 8.43. The summed E-state index contributed by atoms with van der Waals surface area (Å²) < 4.78 is 5.92. The van der Waals surface area contributed by atoms with Crippen LogP contribution < -0.4 is 4.74 Å². The van der Waals surface area contributed by atoms with Gasteiger partial charge in [-0.25, -0.2) is 9.97 Å². The Bertz CT molecular complexity index is 713. The van der Waals surface area contributed by atoms with Gasteiger partial charge in [0.25, 0.3) is 5.91 Å². The third-order valence-corrected chi connectivity index (χ3v) is 4.24.